The van der Waals surface area contributed by atoms with Crippen molar-refractivity contribution in [3.63, 3.8) is 0 Å². The molecule has 6 aromatic rings. The lowest BCUT2D eigenvalue weighted by molar-refractivity contribution is -0.0893. The van der Waals surface area contributed by atoms with E-state index in [2.05, 4.69) is 157 Å². The molecule has 53 heavy (non-hydrogen) atoms. The molecular formula is C50H51BO2. The number of rotatable bonds is 7. The Morgan fingerprint density at radius 1 is 0.491 bits per heavy atom. The van der Waals surface area contributed by atoms with Gasteiger partial charge in [0.1, 0.15) is 0 Å². The summed E-state index contributed by atoms with van der Waals surface area (Å²) in [6, 6.07) is 43.5. The van der Waals surface area contributed by atoms with Gasteiger partial charge in [0.15, 0.2) is 0 Å². The van der Waals surface area contributed by atoms with Crippen LogP contribution in [0.25, 0.3) is 55.6 Å². The highest BCUT2D eigenvalue weighted by atomic mass is 16.5. The molecule has 0 heterocycles. The van der Waals surface area contributed by atoms with Gasteiger partial charge < -0.3 is 9.76 Å². The Kier molecular flexibility index (Phi) is 8.11. The lowest BCUT2D eigenvalue weighted by atomic mass is 9.79. The van der Waals surface area contributed by atoms with Crippen LogP contribution in [0.2, 0.25) is 0 Å². The van der Waals surface area contributed by atoms with Gasteiger partial charge >= 0.3 is 7.48 Å². The van der Waals surface area contributed by atoms with Crippen LogP contribution in [-0.4, -0.2) is 23.8 Å². The monoisotopic (exact) mass is 694 g/mol. The van der Waals surface area contributed by atoms with E-state index in [4.69, 9.17) is 4.65 Å². The van der Waals surface area contributed by atoms with E-state index in [1.54, 1.807) is 13.8 Å². The van der Waals surface area contributed by atoms with Crippen molar-refractivity contribution in [1.29, 1.82) is 0 Å². The van der Waals surface area contributed by atoms with E-state index in [9.17, 15) is 5.11 Å². The molecule has 2 aliphatic rings. The molecule has 3 heteroatoms. The summed E-state index contributed by atoms with van der Waals surface area (Å²) in [5, 5.41) is 10.5. The third-order valence-electron chi connectivity index (χ3n) is 12.8. The molecule has 0 aromatic heterocycles. The zero-order valence-corrected chi connectivity index (χ0v) is 33.0. The first-order chi connectivity index (χ1) is 25.0. The first-order valence-electron chi connectivity index (χ1n) is 19.1. The number of hydrogen-bond acceptors (Lipinski definition) is 2. The largest absolute Gasteiger partial charge is 0.427 e. The van der Waals surface area contributed by atoms with Crippen molar-refractivity contribution < 1.29 is 9.76 Å². The van der Waals surface area contributed by atoms with Crippen molar-refractivity contribution in [2.45, 2.75) is 91.3 Å². The van der Waals surface area contributed by atoms with Gasteiger partial charge in [0.25, 0.3) is 0 Å². The highest BCUT2D eigenvalue weighted by molar-refractivity contribution is 6.47. The Morgan fingerprint density at radius 3 is 1.40 bits per heavy atom. The number of hydrogen-bond donors (Lipinski definition) is 1. The van der Waals surface area contributed by atoms with Gasteiger partial charge in [-0.2, -0.15) is 0 Å². The SMILES string of the molecule is Cc1cc(-c2ccc3c(c2)C(C)(C)c2cc(-c4ccc5c(c4)C(C)(C)c4ccccc4-5)ccc2-3)cc(C)c1-c1ccc(BOC(C)(C)C(C)(C)O)cc1. The van der Waals surface area contributed by atoms with Crippen molar-refractivity contribution in [1.82, 2.24) is 0 Å². The van der Waals surface area contributed by atoms with Crippen LogP contribution in [-0.2, 0) is 15.5 Å². The molecule has 0 fully saturated rings. The fourth-order valence-electron chi connectivity index (χ4n) is 8.77. The zero-order valence-electron chi connectivity index (χ0n) is 33.0. The van der Waals surface area contributed by atoms with Crippen molar-refractivity contribution >= 4 is 12.9 Å². The molecule has 0 saturated carbocycles. The van der Waals surface area contributed by atoms with Gasteiger partial charge in [-0.05, 0) is 149 Å². The van der Waals surface area contributed by atoms with E-state index in [1.807, 2.05) is 13.8 Å². The third-order valence-corrected chi connectivity index (χ3v) is 12.8. The predicted molar refractivity (Wildman–Crippen MR) is 226 cm³/mol. The molecule has 8 rings (SSSR count). The molecule has 0 atom stereocenters. The summed E-state index contributed by atoms with van der Waals surface area (Å²) in [7, 11) is 0.454. The highest BCUT2D eigenvalue weighted by Crippen LogP contribution is 2.52. The van der Waals surface area contributed by atoms with Crippen LogP contribution in [0, 0.1) is 13.8 Å². The van der Waals surface area contributed by atoms with Crippen LogP contribution in [0.3, 0.4) is 0 Å². The Bertz CT molecular complexity index is 2400. The van der Waals surface area contributed by atoms with Gasteiger partial charge in [-0.1, -0.05) is 130 Å². The van der Waals surface area contributed by atoms with Crippen molar-refractivity contribution in [2.24, 2.45) is 0 Å². The van der Waals surface area contributed by atoms with E-state index in [0.717, 1.165) is 5.46 Å². The molecule has 0 unspecified atom stereocenters. The Morgan fingerprint density at radius 2 is 0.906 bits per heavy atom. The molecular weight excluding hydrogens is 643 g/mol. The number of benzene rings is 6. The van der Waals surface area contributed by atoms with Crippen LogP contribution in [0.1, 0.15) is 88.8 Å². The van der Waals surface area contributed by atoms with Gasteiger partial charge in [-0.3, -0.25) is 0 Å². The second-order valence-electron chi connectivity index (χ2n) is 17.6. The average Bonchev–Trinajstić information content (AvgIpc) is 3.49. The number of aryl methyl sites for hydroxylation is 2. The van der Waals surface area contributed by atoms with Crippen LogP contribution in [0.4, 0.5) is 0 Å². The minimum absolute atomic E-state index is 0.0179. The predicted octanol–water partition coefficient (Wildman–Crippen LogP) is 11.5. The molecule has 2 aliphatic carbocycles. The average molecular weight is 695 g/mol. The topological polar surface area (TPSA) is 29.5 Å². The Labute approximate surface area is 317 Å². The van der Waals surface area contributed by atoms with Gasteiger partial charge in [0.05, 0.1) is 11.2 Å². The van der Waals surface area contributed by atoms with E-state index < -0.39 is 11.2 Å². The minimum Gasteiger partial charge on any atom is -0.427 e. The number of aliphatic hydroxyl groups is 1. The first-order valence-corrected chi connectivity index (χ1v) is 19.1. The molecule has 266 valence electrons. The minimum atomic E-state index is -0.931. The van der Waals surface area contributed by atoms with Gasteiger partial charge in [-0.25, -0.2) is 0 Å². The van der Waals surface area contributed by atoms with Crippen molar-refractivity contribution in [3.8, 4) is 55.6 Å². The molecule has 0 amide bonds. The van der Waals surface area contributed by atoms with Gasteiger partial charge in [0, 0.05) is 10.8 Å². The van der Waals surface area contributed by atoms with Crippen LogP contribution in [0.5, 0.6) is 0 Å². The molecule has 0 aliphatic heterocycles. The lowest BCUT2D eigenvalue weighted by Gasteiger charge is -2.37. The Balaban J connectivity index is 1.06. The first kappa shape index (κ1) is 35.3. The van der Waals surface area contributed by atoms with Crippen LogP contribution in [0.15, 0.2) is 115 Å². The second-order valence-corrected chi connectivity index (χ2v) is 17.6. The van der Waals surface area contributed by atoms with E-state index in [1.165, 1.54) is 89.0 Å². The molecule has 0 radical (unpaired) electrons. The normalized spacial score (nSPS) is 15.1. The lowest BCUT2D eigenvalue weighted by Crippen LogP contribution is -2.49. The molecule has 0 bridgehead atoms. The van der Waals surface area contributed by atoms with E-state index >= 15 is 0 Å². The van der Waals surface area contributed by atoms with E-state index in [0.29, 0.717) is 7.48 Å². The van der Waals surface area contributed by atoms with Crippen molar-refractivity contribution in [2.75, 3.05) is 0 Å². The maximum Gasteiger partial charge on any atom is 0.309 e. The molecule has 0 saturated heterocycles. The zero-order chi connectivity index (χ0) is 37.7. The van der Waals surface area contributed by atoms with Crippen LogP contribution >= 0.6 is 0 Å². The summed E-state index contributed by atoms with van der Waals surface area (Å²) in [5.74, 6) is 0. The molecule has 6 aromatic carbocycles. The molecule has 2 nitrogen and oxygen atoms in total. The maximum atomic E-state index is 10.5. The maximum absolute atomic E-state index is 10.5. The number of fused-ring (bicyclic) bond motifs is 6. The summed E-state index contributed by atoms with van der Waals surface area (Å²) < 4.78 is 6.11. The fourth-order valence-corrected chi connectivity index (χ4v) is 8.77. The standard InChI is InChI=1S/C50H51BO2/c1-30-25-36(26-31(2)46(30)32-15-20-37(21-16-32)51-53-50(9,10)49(7,8)52)35-19-24-41-40-23-18-34(28-44(40)48(5,6)45(41)29-35)33-17-22-39-38-13-11-12-14-42(38)47(3,4)43(39)27-33/h11-29,51-52H,1-10H3. The summed E-state index contributed by atoms with van der Waals surface area (Å²) in [4.78, 5) is 0. The van der Waals surface area contributed by atoms with Crippen LogP contribution < -0.4 is 5.46 Å². The summed E-state index contributed by atoms with van der Waals surface area (Å²) >= 11 is 0. The smallest absolute Gasteiger partial charge is 0.309 e. The molecule has 1 N–H and O–H groups in total. The third kappa shape index (κ3) is 5.72. The highest BCUT2D eigenvalue weighted by Gasteiger charge is 2.38. The van der Waals surface area contributed by atoms with E-state index in [-0.39, 0.29) is 10.8 Å². The Hall–Kier alpha value is -4.70. The summed E-state index contributed by atoms with van der Waals surface area (Å²) in [6.07, 6.45) is 0. The second kappa shape index (κ2) is 12.2. The van der Waals surface area contributed by atoms with Crippen molar-refractivity contribution in [3.05, 3.63) is 149 Å². The van der Waals surface area contributed by atoms with Gasteiger partial charge in [0.2, 0.25) is 0 Å². The summed E-state index contributed by atoms with van der Waals surface area (Å²) in [5.41, 5.74) is 20.5. The molecule has 0 spiro atoms. The van der Waals surface area contributed by atoms with Gasteiger partial charge in [-0.15, -0.1) is 0 Å². The fraction of sp³-hybridized carbons (Fsp3) is 0.280. The quantitative estimate of drug-likeness (QED) is 0.169. The summed E-state index contributed by atoms with van der Waals surface area (Å²) in [6.45, 7) is 21.4.